The van der Waals surface area contributed by atoms with Crippen LogP contribution in [0.2, 0.25) is 0 Å². The predicted molar refractivity (Wildman–Crippen MR) is 99.8 cm³/mol. The van der Waals surface area contributed by atoms with Crippen LogP contribution in [0.4, 0.5) is 0 Å². The first-order valence-electron chi connectivity index (χ1n) is 9.16. The number of hydrogen-bond donors (Lipinski definition) is 4. The summed E-state index contributed by atoms with van der Waals surface area (Å²) in [7, 11) is 0. The van der Waals surface area contributed by atoms with Gasteiger partial charge in [-0.05, 0) is 18.1 Å². The molecule has 1 heterocycles. The van der Waals surface area contributed by atoms with Gasteiger partial charge in [0.25, 0.3) is 5.91 Å². The molecule has 3 atom stereocenters. The molecule has 152 valence electrons. The van der Waals surface area contributed by atoms with Crippen LogP contribution in [0, 0.1) is 5.92 Å². The second kappa shape index (κ2) is 9.72. The number of carboxylic acids is 1. The van der Waals surface area contributed by atoms with Gasteiger partial charge in [-0.1, -0.05) is 32.4 Å². The van der Waals surface area contributed by atoms with E-state index >= 15 is 0 Å². The molecule has 9 nitrogen and oxygen atoms in total. The highest BCUT2D eigenvalue weighted by molar-refractivity contribution is 6.00. The van der Waals surface area contributed by atoms with Crippen LogP contribution in [-0.2, 0) is 14.4 Å². The molecule has 0 spiro atoms. The van der Waals surface area contributed by atoms with Crippen molar-refractivity contribution in [3.05, 3.63) is 29.8 Å². The zero-order valence-corrected chi connectivity index (χ0v) is 15.9. The quantitative estimate of drug-likeness (QED) is 0.586. The molecule has 3 amide bonds. The second-order valence-electron chi connectivity index (χ2n) is 6.63. The summed E-state index contributed by atoms with van der Waals surface area (Å²) in [6.45, 7) is 4.00. The van der Waals surface area contributed by atoms with Crippen molar-refractivity contribution in [3.63, 3.8) is 0 Å². The third-order valence-corrected chi connectivity index (χ3v) is 4.60. The maximum Gasteiger partial charge on any atom is 0.326 e. The first-order chi connectivity index (χ1) is 13.3. The van der Waals surface area contributed by atoms with Crippen LogP contribution in [0.15, 0.2) is 24.3 Å². The Bertz CT molecular complexity index is 751. The van der Waals surface area contributed by atoms with Crippen LogP contribution in [0.1, 0.15) is 37.0 Å². The molecule has 0 saturated carbocycles. The number of ether oxygens (including phenoxy) is 1. The summed E-state index contributed by atoms with van der Waals surface area (Å²) in [6, 6.07) is 4.11. The minimum Gasteiger partial charge on any atom is -0.491 e. The number of benzene rings is 1. The molecule has 0 aliphatic carbocycles. The number of para-hydroxylation sites is 1. The van der Waals surface area contributed by atoms with E-state index in [9.17, 15) is 24.3 Å². The third kappa shape index (κ3) is 5.45. The van der Waals surface area contributed by atoms with Gasteiger partial charge in [-0.15, -0.1) is 0 Å². The van der Waals surface area contributed by atoms with Crippen LogP contribution in [0.3, 0.4) is 0 Å². The fourth-order valence-electron chi connectivity index (χ4n) is 2.78. The molecule has 1 aliphatic rings. The lowest BCUT2D eigenvalue weighted by atomic mass is 9.98. The molecule has 0 radical (unpaired) electrons. The number of carbonyl (C=O) groups is 4. The Kier molecular flexibility index (Phi) is 7.36. The van der Waals surface area contributed by atoms with Crippen LogP contribution < -0.4 is 20.7 Å². The van der Waals surface area contributed by atoms with Gasteiger partial charge in [-0.25, -0.2) is 4.79 Å². The number of hydrogen-bond acceptors (Lipinski definition) is 5. The van der Waals surface area contributed by atoms with Crippen molar-refractivity contribution in [2.75, 3.05) is 13.2 Å². The standard InChI is InChI=1S/C19H25N3O6/c1-3-11(2)16-18(25)20-8-9-28-14-7-5-4-6-12(14)17(24)21-13(19(26)27)10-15(23)22-16/h4-7,11,13,16H,3,8-10H2,1-2H3,(H,20,25)(H,21,24)(H,22,23)(H,26,27)/t11-,13+,16+/m1/s1. The van der Waals surface area contributed by atoms with E-state index in [0.29, 0.717) is 6.42 Å². The van der Waals surface area contributed by atoms with Gasteiger partial charge < -0.3 is 25.8 Å². The molecule has 0 aromatic heterocycles. The largest absolute Gasteiger partial charge is 0.491 e. The van der Waals surface area contributed by atoms with E-state index in [2.05, 4.69) is 16.0 Å². The van der Waals surface area contributed by atoms with Gasteiger partial charge in [0.05, 0.1) is 18.5 Å². The predicted octanol–water partition coefficient (Wildman–Crippen LogP) is 0.299. The zero-order valence-electron chi connectivity index (χ0n) is 15.9. The summed E-state index contributed by atoms with van der Waals surface area (Å²) in [5, 5.41) is 17.0. The molecule has 0 unspecified atom stereocenters. The zero-order chi connectivity index (χ0) is 20.7. The van der Waals surface area contributed by atoms with Gasteiger partial charge in [0.2, 0.25) is 11.8 Å². The molecule has 9 heteroatoms. The van der Waals surface area contributed by atoms with E-state index in [0.717, 1.165) is 0 Å². The lowest BCUT2D eigenvalue weighted by Crippen LogP contribution is -2.53. The fraction of sp³-hybridized carbons (Fsp3) is 0.474. The minimum atomic E-state index is -1.44. The Morgan fingerprint density at radius 1 is 1.25 bits per heavy atom. The average molecular weight is 391 g/mol. The highest BCUT2D eigenvalue weighted by Crippen LogP contribution is 2.18. The van der Waals surface area contributed by atoms with Crippen molar-refractivity contribution < 1.29 is 29.0 Å². The van der Waals surface area contributed by atoms with Gasteiger partial charge in [0, 0.05) is 0 Å². The van der Waals surface area contributed by atoms with Crippen molar-refractivity contribution in [1.82, 2.24) is 16.0 Å². The van der Waals surface area contributed by atoms with Crippen molar-refractivity contribution in [3.8, 4) is 5.75 Å². The van der Waals surface area contributed by atoms with E-state index in [1.54, 1.807) is 18.2 Å². The van der Waals surface area contributed by atoms with Gasteiger partial charge in [-0.2, -0.15) is 0 Å². The van der Waals surface area contributed by atoms with Crippen LogP contribution >= 0.6 is 0 Å². The minimum absolute atomic E-state index is 0.111. The highest BCUT2D eigenvalue weighted by Gasteiger charge is 2.30. The van der Waals surface area contributed by atoms with Gasteiger partial charge >= 0.3 is 5.97 Å². The summed E-state index contributed by atoms with van der Waals surface area (Å²) in [5.74, 6) is -2.90. The molecular weight excluding hydrogens is 366 g/mol. The number of fused-ring (bicyclic) bond motifs is 1. The Hall–Kier alpha value is -3.10. The van der Waals surface area contributed by atoms with Gasteiger partial charge in [-0.3, -0.25) is 14.4 Å². The smallest absolute Gasteiger partial charge is 0.326 e. The lowest BCUT2D eigenvalue weighted by Gasteiger charge is -2.25. The van der Waals surface area contributed by atoms with E-state index in [-0.39, 0.29) is 36.3 Å². The normalized spacial score (nSPS) is 22.4. The Morgan fingerprint density at radius 3 is 2.64 bits per heavy atom. The number of nitrogens with one attached hydrogen (secondary N) is 3. The number of carbonyl (C=O) groups excluding carboxylic acids is 3. The van der Waals surface area contributed by atoms with Gasteiger partial charge in [0.15, 0.2) is 0 Å². The third-order valence-electron chi connectivity index (χ3n) is 4.60. The SMILES string of the molecule is CC[C@@H](C)[C@@H]1NC(=O)C[C@@H](C(=O)O)NC(=O)c2ccccc2OCCNC1=O. The summed E-state index contributed by atoms with van der Waals surface area (Å²) in [6.07, 6.45) is 0.144. The van der Waals surface area contributed by atoms with E-state index in [1.807, 2.05) is 13.8 Å². The van der Waals surface area contributed by atoms with Crippen molar-refractivity contribution >= 4 is 23.7 Å². The lowest BCUT2D eigenvalue weighted by molar-refractivity contribution is -0.141. The van der Waals surface area contributed by atoms with Gasteiger partial charge in [0.1, 0.15) is 24.4 Å². The summed E-state index contributed by atoms with van der Waals surface area (Å²) in [4.78, 5) is 48.9. The second-order valence-corrected chi connectivity index (χ2v) is 6.63. The van der Waals surface area contributed by atoms with Crippen molar-refractivity contribution in [2.45, 2.75) is 38.8 Å². The van der Waals surface area contributed by atoms with E-state index in [4.69, 9.17) is 4.74 Å². The molecule has 1 aromatic rings. The molecular formula is C19H25N3O6. The van der Waals surface area contributed by atoms with Crippen LogP contribution in [0.5, 0.6) is 5.75 Å². The molecule has 4 N–H and O–H groups in total. The number of rotatable bonds is 3. The van der Waals surface area contributed by atoms with E-state index < -0.39 is 36.3 Å². The van der Waals surface area contributed by atoms with Crippen LogP contribution in [-0.4, -0.2) is 54.0 Å². The Labute approximate surface area is 162 Å². The molecule has 0 fully saturated rings. The summed E-state index contributed by atoms with van der Waals surface area (Å²) >= 11 is 0. The molecule has 28 heavy (non-hydrogen) atoms. The molecule has 0 saturated heterocycles. The molecule has 2 rings (SSSR count). The van der Waals surface area contributed by atoms with Crippen LogP contribution in [0.25, 0.3) is 0 Å². The topological polar surface area (TPSA) is 134 Å². The highest BCUT2D eigenvalue weighted by atomic mass is 16.5. The molecule has 1 aliphatic heterocycles. The summed E-state index contributed by atoms with van der Waals surface area (Å²) < 4.78 is 5.58. The average Bonchev–Trinajstić information content (AvgIpc) is 2.67. The molecule has 1 aromatic carbocycles. The van der Waals surface area contributed by atoms with Crippen molar-refractivity contribution in [1.29, 1.82) is 0 Å². The Balaban J connectivity index is 2.31. The molecule has 0 bridgehead atoms. The number of carboxylic acid groups (broad SMARTS) is 1. The fourth-order valence-corrected chi connectivity index (χ4v) is 2.78. The first kappa shape index (κ1) is 21.2. The van der Waals surface area contributed by atoms with Crippen molar-refractivity contribution in [2.24, 2.45) is 5.92 Å². The monoisotopic (exact) mass is 391 g/mol. The number of aliphatic carboxylic acids is 1. The number of amides is 3. The van der Waals surface area contributed by atoms with E-state index in [1.165, 1.54) is 6.07 Å². The maximum atomic E-state index is 12.5. The summed E-state index contributed by atoms with van der Waals surface area (Å²) in [5.41, 5.74) is 0.148. The Morgan fingerprint density at radius 2 is 1.96 bits per heavy atom. The maximum absolute atomic E-state index is 12.5. The first-order valence-corrected chi connectivity index (χ1v) is 9.16.